The molecule has 17 heteroatoms. The van der Waals surface area contributed by atoms with Crippen LogP contribution in [0.25, 0.3) is 16.5 Å². The number of amides is 1. The van der Waals surface area contributed by atoms with Crippen LogP contribution >= 0.6 is 11.6 Å². The number of aromatic nitrogens is 4. The van der Waals surface area contributed by atoms with Crippen LogP contribution in [0.1, 0.15) is 56.7 Å². The fourth-order valence-corrected chi connectivity index (χ4v) is 6.08. The number of fused-ring (bicyclic) bond motifs is 1. The molecule has 0 unspecified atom stereocenters. The van der Waals surface area contributed by atoms with Crippen molar-refractivity contribution in [3.8, 4) is 11.4 Å². The molecular weight excluding hydrogens is 745 g/mol. The highest BCUT2D eigenvalue weighted by molar-refractivity contribution is 6.33. The summed E-state index contributed by atoms with van der Waals surface area (Å²) in [4.78, 5) is 61.2. The Hall–Kier alpha value is -5.90. The van der Waals surface area contributed by atoms with Gasteiger partial charge >= 0.3 is 23.4 Å². The molecule has 5 rings (SSSR count). The zero-order chi connectivity index (χ0) is 40.0. The molecule has 3 aromatic carbocycles. The van der Waals surface area contributed by atoms with E-state index < -0.39 is 47.1 Å². The monoisotopic (exact) mass is 782 g/mol. The number of esters is 1. The average molecular weight is 783 g/mol. The molecule has 2 heterocycles. The second kappa shape index (κ2) is 17.1. The molecule has 2 N–H and O–H groups in total. The minimum atomic E-state index is -1.70. The van der Waals surface area contributed by atoms with Crippen LogP contribution in [0.3, 0.4) is 0 Å². The molecule has 290 valence electrons. The third-order valence-corrected chi connectivity index (χ3v) is 8.59. The van der Waals surface area contributed by atoms with Gasteiger partial charge in [-0.3, -0.25) is 14.3 Å². The summed E-state index contributed by atoms with van der Waals surface area (Å²) in [7, 11) is 2.74. The highest BCUT2D eigenvalue weighted by Crippen LogP contribution is 2.34. The highest BCUT2D eigenvalue weighted by Gasteiger charge is 2.23. The topological polar surface area (TPSA) is 156 Å². The van der Waals surface area contributed by atoms with E-state index in [0.29, 0.717) is 46.9 Å². The van der Waals surface area contributed by atoms with Crippen molar-refractivity contribution < 1.29 is 37.0 Å². The second-order valence-electron chi connectivity index (χ2n) is 13.4. The summed E-state index contributed by atoms with van der Waals surface area (Å²) in [5, 5.41) is 6.63. The molecule has 0 spiro atoms. The maximum atomic E-state index is 14.6. The molecule has 1 amide bonds. The van der Waals surface area contributed by atoms with Gasteiger partial charge in [0.1, 0.15) is 11.4 Å². The van der Waals surface area contributed by atoms with E-state index in [0.717, 1.165) is 21.3 Å². The molecule has 0 saturated heterocycles. The Morgan fingerprint density at radius 2 is 1.69 bits per heavy atom. The summed E-state index contributed by atoms with van der Waals surface area (Å²) < 4.78 is 60.0. The zero-order valence-corrected chi connectivity index (χ0v) is 31.4. The first-order valence-electron chi connectivity index (χ1n) is 17.0. The molecule has 2 aromatic heterocycles. The Bertz CT molecular complexity index is 2350. The van der Waals surface area contributed by atoms with Gasteiger partial charge < -0.3 is 24.8 Å². The quantitative estimate of drug-likeness (QED) is 0.0747. The van der Waals surface area contributed by atoms with E-state index in [1.807, 2.05) is 0 Å². The van der Waals surface area contributed by atoms with Crippen LogP contribution in [-0.2, 0) is 33.8 Å². The molecular formula is C38H38ClF3N6O7. The van der Waals surface area contributed by atoms with Crippen LogP contribution in [-0.4, -0.2) is 51.0 Å². The second-order valence-corrected chi connectivity index (χ2v) is 13.8. The Labute approximate surface area is 318 Å². The van der Waals surface area contributed by atoms with Gasteiger partial charge in [0, 0.05) is 36.0 Å². The maximum Gasteiger partial charge on any atom is 0.407 e. The Balaban J connectivity index is 1.66. The van der Waals surface area contributed by atoms with Gasteiger partial charge in [-0.05, 0) is 74.9 Å². The predicted molar refractivity (Wildman–Crippen MR) is 199 cm³/mol. The number of hydrogen-bond donors (Lipinski definition) is 2. The molecule has 5 aromatic rings. The van der Waals surface area contributed by atoms with Gasteiger partial charge in [0.25, 0.3) is 0 Å². The molecule has 0 fully saturated rings. The van der Waals surface area contributed by atoms with E-state index >= 15 is 0 Å². The smallest absolute Gasteiger partial charge is 0.407 e. The van der Waals surface area contributed by atoms with Gasteiger partial charge in [0.2, 0.25) is 5.95 Å². The number of aryl methyl sites for hydroxylation is 1. The largest absolute Gasteiger partial charge is 0.497 e. The number of nitrogens with zero attached hydrogens (tertiary/aromatic N) is 4. The van der Waals surface area contributed by atoms with Crippen LogP contribution < -0.4 is 26.7 Å². The van der Waals surface area contributed by atoms with Crippen LogP contribution in [0.15, 0.2) is 64.4 Å². The number of ether oxygens (including phenoxy) is 3. The molecule has 13 nitrogen and oxygen atoms in total. The number of anilines is 2. The van der Waals surface area contributed by atoms with Gasteiger partial charge in [-0.15, -0.1) is 0 Å². The van der Waals surface area contributed by atoms with E-state index in [1.54, 1.807) is 45.0 Å². The van der Waals surface area contributed by atoms with E-state index in [9.17, 15) is 32.3 Å². The van der Waals surface area contributed by atoms with Crippen LogP contribution in [0.4, 0.5) is 29.6 Å². The van der Waals surface area contributed by atoms with Crippen molar-refractivity contribution in [2.24, 2.45) is 0 Å². The Morgan fingerprint density at radius 1 is 0.964 bits per heavy atom. The molecule has 0 radical (unpaired) electrons. The number of halogens is 4. The number of unbranched alkanes of at least 4 members (excludes halogenated alkanes) is 1. The Kier molecular flexibility index (Phi) is 12.5. The predicted octanol–water partition coefficient (Wildman–Crippen LogP) is 6.72. The van der Waals surface area contributed by atoms with E-state index in [2.05, 4.69) is 20.6 Å². The number of methoxy groups -OCH3 is 2. The summed E-state index contributed by atoms with van der Waals surface area (Å²) in [5.41, 5.74) is -1.73. The lowest BCUT2D eigenvalue weighted by molar-refractivity contribution is -0.140. The Morgan fingerprint density at radius 3 is 2.36 bits per heavy atom. The molecule has 0 aliphatic heterocycles. The molecule has 0 aliphatic rings. The number of carbonyl (C=O) groups excluding carboxylic acids is 2. The number of alkyl carbamates (subject to hydrolysis) is 1. The molecule has 55 heavy (non-hydrogen) atoms. The first-order valence-corrected chi connectivity index (χ1v) is 17.4. The lowest BCUT2D eigenvalue weighted by atomic mass is 10.0. The molecule has 0 aliphatic carbocycles. The fourth-order valence-electron chi connectivity index (χ4n) is 5.80. The van der Waals surface area contributed by atoms with Crippen molar-refractivity contribution in [3.63, 3.8) is 0 Å². The van der Waals surface area contributed by atoms with Gasteiger partial charge in [-0.25, -0.2) is 32.1 Å². The summed E-state index contributed by atoms with van der Waals surface area (Å²) >= 11 is 6.69. The van der Waals surface area contributed by atoms with Crippen LogP contribution in [0.2, 0.25) is 5.02 Å². The minimum absolute atomic E-state index is 0.00729. The number of carbonyl (C=O) groups is 2. The summed E-state index contributed by atoms with van der Waals surface area (Å²) in [6.07, 6.45) is 3.57. The fraction of sp³-hybridized carbons (Fsp3) is 0.316. The minimum Gasteiger partial charge on any atom is -0.497 e. The van der Waals surface area contributed by atoms with E-state index in [-0.39, 0.29) is 46.8 Å². The van der Waals surface area contributed by atoms with Crippen molar-refractivity contribution in [2.45, 2.75) is 65.1 Å². The van der Waals surface area contributed by atoms with Crippen molar-refractivity contribution >= 4 is 46.1 Å². The van der Waals surface area contributed by atoms with E-state index in [1.165, 1.54) is 32.7 Å². The first kappa shape index (κ1) is 40.3. The third-order valence-electron chi connectivity index (χ3n) is 8.29. The van der Waals surface area contributed by atoms with Crippen molar-refractivity contribution in [1.82, 2.24) is 24.4 Å². The SMILES string of the molecule is COC(=O)CCCCc1cc(OC)cc(Cl)c1Nc1nc(=O)n(-c2cncc3cccc(CNC(=O)OC(C)(C)C)c23)c(=O)n1Cc1cc(F)c(F)c(F)c1. The van der Waals surface area contributed by atoms with Gasteiger partial charge in [-0.2, -0.15) is 4.98 Å². The van der Waals surface area contributed by atoms with Crippen molar-refractivity contribution in [3.05, 3.63) is 115 Å². The van der Waals surface area contributed by atoms with Crippen molar-refractivity contribution in [1.29, 1.82) is 0 Å². The standard InChI is InChI=1S/C38H38ClF3N6O7/c1-38(2,3)55-36(51)44-18-24-11-8-10-23-17-43-19-29(31(23)24)48-35(50)46-34(47(37(48)52)20-21-13-27(40)32(42)28(41)14-21)45-33-22(9-6-7-12-30(49)54-5)15-25(53-4)16-26(33)39/h8,10-11,13-17,19H,6-7,9,12,18,20H2,1-5H3,(H,44,51)(H,45,46,50). The number of hydrogen-bond acceptors (Lipinski definition) is 10. The zero-order valence-electron chi connectivity index (χ0n) is 30.6. The van der Waals surface area contributed by atoms with Crippen LogP contribution in [0.5, 0.6) is 5.75 Å². The number of rotatable bonds is 13. The van der Waals surface area contributed by atoms with Gasteiger partial charge in [0.05, 0.1) is 43.4 Å². The average Bonchev–Trinajstić information content (AvgIpc) is 3.13. The van der Waals surface area contributed by atoms with Gasteiger partial charge in [-0.1, -0.05) is 29.8 Å². The number of nitrogens with one attached hydrogen (secondary N) is 2. The van der Waals surface area contributed by atoms with Gasteiger partial charge in [0.15, 0.2) is 17.5 Å². The lowest BCUT2D eigenvalue weighted by Gasteiger charge is -2.21. The lowest BCUT2D eigenvalue weighted by Crippen LogP contribution is -2.42. The maximum absolute atomic E-state index is 14.6. The third kappa shape index (κ3) is 9.62. The van der Waals surface area contributed by atoms with Crippen LogP contribution in [0, 0.1) is 17.5 Å². The summed E-state index contributed by atoms with van der Waals surface area (Å²) in [6.45, 7) is 4.48. The molecule has 0 saturated carbocycles. The normalized spacial score (nSPS) is 11.4. The van der Waals surface area contributed by atoms with E-state index in [4.69, 9.17) is 25.8 Å². The highest BCUT2D eigenvalue weighted by atomic mass is 35.5. The van der Waals surface area contributed by atoms with Crippen molar-refractivity contribution in [2.75, 3.05) is 19.5 Å². The number of pyridine rings is 1. The summed E-state index contributed by atoms with van der Waals surface area (Å²) in [5.74, 6) is -5.03. The molecule has 0 bridgehead atoms. The summed E-state index contributed by atoms with van der Waals surface area (Å²) in [6, 6.07) is 9.68. The first-order chi connectivity index (χ1) is 26.1. The molecule has 0 atom stereocenters. The number of benzene rings is 3.